The molecule has 3 atom stereocenters. The molecule has 1 aliphatic rings. The molecule has 3 unspecified atom stereocenters. The zero-order valence-electron chi connectivity index (χ0n) is 9.93. The van der Waals surface area contributed by atoms with Gasteiger partial charge in [-0.2, -0.15) is 0 Å². The van der Waals surface area contributed by atoms with Crippen molar-refractivity contribution in [1.82, 2.24) is 5.32 Å². The first-order chi connectivity index (χ1) is 8.08. The highest BCUT2D eigenvalue weighted by Gasteiger charge is 2.40. The normalized spacial score (nSPS) is 27.9. The lowest BCUT2D eigenvalue weighted by Gasteiger charge is -2.45. The highest BCUT2D eigenvalue weighted by atomic mass is 35.5. The van der Waals surface area contributed by atoms with Crippen LogP contribution in [0.1, 0.15) is 31.2 Å². The molecule has 0 saturated heterocycles. The molecular weight excluding hydrogens is 260 g/mol. The standard InChI is InChI=1S/C13H16Cl2FN/c1-3-7-8(5-13(7)17-2)9-4-12(16)11(15)6-10(9)14/h4,6-8,13,17H,3,5H2,1-2H3. The van der Waals surface area contributed by atoms with Crippen LogP contribution in [0, 0.1) is 11.7 Å². The Bertz CT molecular complexity index is 422. The monoisotopic (exact) mass is 275 g/mol. The first kappa shape index (κ1) is 13.1. The lowest BCUT2D eigenvalue weighted by atomic mass is 9.65. The SMILES string of the molecule is CCC1C(NC)CC1c1cc(F)c(Cl)cc1Cl. The van der Waals surface area contributed by atoms with E-state index in [4.69, 9.17) is 23.2 Å². The maximum Gasteiger partial charge on any atom is 0.142 e. The van der Waals surface area contributed by atoms with Gasteiger partial charge in [-0.3, -0.25) is 0 Å². The van der Waals surface area contributed by atoms with Gasteiger partial charge in [-0.1, -0.05) is 36.5 Å². The first-order valence-corrected chi connectivity index (χ1v) is 6.65. The Morgan fingerprint density at radius 3 is 2.65 bits per heavy atom. The molecule has 1 aliphatic carbocycles. The van der Waals surface area contributed by atoms with Crippen molar-refractivity contribution >= 4 is 23.2 Å². The number of benzene rings is 1. The molecule has 4 heteroatoms. The molecule has 0 radical (unpaired) electrons. The van der Waals surface area contributed by atoms with Gasteiger partial charge in [-0.25, -0.2) is 4.39 Å². The maximum absolute atomic E-state index is 13.5. The molecule has 2 rings (SSSR count). The lowest BCUT2D eigenvalue weighted by molar-refractivity contribution is 0.169. The van der Waals surface area contributed by atoms with E-state index in [9.17, 15) is 4.39 Å². The summed E-state index contributed by atoms with van der Waals surface area (Å²) >= 11 is 11.9. The van der Waals surface area contributed by atoms with Crippen molar-refractivity contribution in [2.45, 2.75) is 31.7 Å². The van der Waals surface area contributed by atoms with E-state index in [1.54, 1.807) is 0 Å². The van der Waals surface area contributed by atoms with Crippen LogP contribution in [0.3, 0.4) is 0 Å². The summed E-state index contributed by atoms with van der Waals surface area (Å²) < 4.78 is 13.5. The number of nitrogens with one attached hydrogen (secondary N) is 1. The molecule has 0 bridgehead atoms. The van der Waals surface area contributed by atoms with Crippen molar-refractivity contribution < 1.29 is 4.39 Å². The molecule has 1 aromatic carbocycles. The average Bonchev–Trinajstić information content (AvgIpc) is 2.25. The van der Waals surface area contributed by atoms with Gasteiger partial charge < -0.3 is 5.32 Å². The van der Waals surface area contributed by atoms with Crippen molar-refractivity contribution in [2.24, 2.45) is 5.92 Å². The quantitative estimate of drug-likeness (QED) is 0.814. The fourth-order valence-corrected chi connectivity index (χ4v) is 3.31. The molecule has 17 heavy (non-hydrogen) atoms. The Hall–Kier alpha value is -0.310. The summed E-state index contributed by atoms with van der Waals surface area (Å²) in [5, 5.41) is 3.96. The van der Waals surface area contributed by atoms with Crippen molar-refractivity contribution in [3.05, 3.63) is 33.6 Å². The van der Waals surface area contributed by atoms with Crippen molar-refractivity contribution in [3.63, 3.8) is 0 Å². The molecule has 0 amide bonds. The second-order valence-corrected chi connectivity index (χ2v) is 5.41. The second-order valence-electron chi connectivity index (χ2n) is 4.60. The molecule has 1 saturated carbocycles. The second kappa shape index (κ2) is 5.13. The van der Waals surface area contributed by atoms with Gasteiger partial charge in [-0.15, -0.1) is 0 Å². The number of rotatable bonds is 3. The minimum absolute atomic E-state index is 0.0938. The summed E-state index contributed by atoms with van der Waals surface area (Å²) in [5.41, 5.74) is 0.895. The zero-order valence-corrected chi connectivity index (χ0v) is 11.4. The van der Waals surface area contributed by atoms with E-state index in [2.05, 4.69) is 12.2 Å². The maximum atomic E-state index is 13.5. The van der Waals surface area contributed by atoms with E-state index >= 15 is 0 Å². The van der Waals surface area contributed by atoms with Gasteiger partial charge in [-0.05, 0) is 43.0 Å². The van der Waals surface area contributed by atoms with Crippen molar-refractivity contribution in [2.75, 3.05) is 7.05 Å². The molecule has 0 spiro atoms. The molecule has 0 heterocycles. The summed E-state index contributed by atoms with van der Waals surface area (Å²) in [7, 11) is 1.97. The fraction of sp³-hybridized carbons (Fsp3) is 0.538. The Labute approximate surface area is 111 Å². The van der Waals surface area contributed by atoms with Gasteiger partial charge in [0.15, 0.2) is 0 Å². The van der Waals surface area contributed by atoms with Gasteiger partial charge in [0.2, 0.25) is 0 Å². The van der Waals surface area contributed by atoms with Gasteiger partial charge >= 0.3 is 0 Å². The predicted octanol–water partition coefficient (Wildman–Crippen LogP) is 4.23. The fourth-order valence-electron chi connectivity index (χ4n) is 2.79. The van der Waals surface area contributed by atoms with E-state index in [0.29, 0.717) is 22.9 Å². The van der Waals surface area contributed by atoms with E-state index in [0.717, 1.165) is 18.4 Å². The molecule has 1 nitrogen and oxygen atoms in total. The third kappa shape index (κ3) is 2.31. The molecule has 94 valence electrons. The molecule has 1 N–H and O–H groups in total. The number of hydrogen-bond acceptors (Lipinski definition) is 1. The summed E-state index contributed by atoms with van der Waals surface area (Å²) in [4.78, 5) is 0. The Morgan fingerprint density at radius 1 is 1.35 bits per heavy atom. The predicted molar refractivity (Wildman–Crippen MR) is 70.4 cm³/mol. The first-order valence-electron chi connectivity index (χ1n) is 5.90. The summed E-state index contributed by atoms with van der Waals surface area (Å²) in [5.74, 6) is 0.489. The van der Waals surface area contributed by atoms with Crippen LogP contribution >= 0.6 is 23.2 Å². The topological polar surface area (TPSA) is 12.0 Å². The highest BCUT2D eigenvalue weighted by molar-refractivity contribution is 6.35. The van der Waals surface area contributed by atoms with E-state index in [1.807, 2.05) is 7.05 Å². The van der Waals surface area contributed by atoms with E-state index < -0.39 is 0 Å². The van der Waals surface area contributed by atoms with Crippen LogP contribution in [0.4, 0.5) is 4.39 Å². The van der Waals surface area contributed by atoms with Crippen LogP contribution in [0.5, 0.6) is 0 Å². The Morgan fingerprint density at radius 2 is 2.06 bits per heavy atom. The van der Waals surface area contributed by atoms with Crippen LogP contribution in [-0.4, -0.2) is 13.1 Å². The average molecular weight is 276 g/mol. The third-order valence-electron chi connectivity index (χ3n) is 3.82. The summed E-state index contributed by atoms with van der Waals surface area (Å²) in [6, 6.07) is 3.51. The van der Waals surface area contributed by atoms with Crippen LogP contribution in [0.25, 0.3) is 0 Å². The van der Waals surface area contributed by atoms with Crippen molar-refractivity contribution in [1.29, 1.82) is 0 Å². The minimum atomic E-state index is -0.381. The Balaban J connectivity index is 2.27. The zero-order chi connectivity index (χ0) is 12.6. The van der Waals surface area contributed by atoms with E-state index in [1.165, 1.54) is 12.1 Å². The molecule has 0 aromatic heterocycles. The van der Waals surface area contributed by atoms with Crippen LogP contribution < -0.4 is 5.32 Å². The largest absolute Gasteiger partial charge is 0.317 e. The summed E-state index contributed by atoms with van der Waals surface area (Å²) in [6.07, 6.45) is 2.08. The van der Waals surface area contributed by atoms with Crippen LogP contribution in [-0.2, 0) is 0 Å². The number of halogens is 3. The van der Waals surface area contributed by atoms with Crippen LogP contribution in [0.15, 0.2) is 12.1 Å². The molecule has 1 aromatic rings. The van der Waals surface area contributed by atoms with Gasteiger partial charge in [0, 0.05) is 11.1 Å². The minimum Gasteiger partial charge on any atom is -0.317 e. The number of hydrogen-bond donors (Lipinski definition) is 1. The van der Waals surface area contributed by atoms with Gasteiger partial charge in [0.05, 0.1) is 5.02 Å². The van der Waals surface area contributed by atoms with Gasteiger partial charge in [0.25, 0.3) is 0 Å². The van der Waals surface area contributed by atoms with Gasteiger partial charge in [0.1, 0.15) is 5.82 Å². The van der Waals surface area contributed by atoms with Crippen LogP contribution in [0.2, 0.25) is 10.0 Å². The summed E-state index contributed by atoms with van der Waals surface area (Å²) in [6.45, 7) is 2.15. The Kier molecular flexibility index (Phi) is 3.96. The van der Waals surface area contributed by atoms with E-state index in [-0.39, 0.29) is 10.8 Å². The molecule has 0 aliphatic heterocycles. The third-order valence-corrected chi connectivity index (χ3v) is 4.44. The van der Waals surface area contributed by atoms with Crippen molar-refractivity contribution in [3.8, 4) is 0 Å². The highest BCUT2D eigenvalue weighted by Crippen LogP contribution is 2.47. The smallest absolute Gasteiger partial charge is 0.142 e. The molecule has 1 fully saturated rings. The molecular formula is C13H16Cl2FN. The lowest BCUT2D eigenvalue weighted by Crippen LogP contribution is -2.47.